The molecule has 0 bridgehead atoms. The van der Waals surface area contributed by atoms with Gasteiger partial charge in [-0.05, 0) is 80.9 Å². The first kappa shape index (κ1) is 25.9. The van der Waals surface area contributed by atoms with Crippen LogP contribution in [0.1, 0.15) is 54.9 Å². The van der Waals surface area contributed by atoms with E-state index in [-0.39, 0.29) is 23.3 Å². The van der Waals surface area contributed by atoms with Gasteiger partial charge in [0.25, 0.3) is 5.91 Å². The summed E-state index contributed by atoms with van der Waals surface area (Å²) in [4.78, 5) is 26.1. The van der Waals surface area contributed by atoms with Gasteiger partial charge in [0.1, 0.15) is 0 Å². The molecule has 0 unspecified atom stereocenters. The lowest BCUT2D eigenvalue weighted by Gasteiger charge is -2.19. The molecule has 8 nitrogen and oxygen atoms in total. The quantitative estimate of drug-likeness (QED) is 0.447. The molecule has 0 aliphatic carbocycles. The Morgan fingerprint density at radius 1 is 0.912 bits per heavy atom. The van der Waals surface area contributed by atoms with Crippen molar-refractivity contribution in [2.75, 3.05) is 31.5 Å². The largest absolute Gasteiger partial charge is 0.352 e. The van der Waals surface area contributed by atoms with Crippen LogP contribution >= 0.6 is 0 Å². The van der Waals surface area contributed by atoms with Gasteiger partial charge in [0.2, 0.25) is 15.9 Å². The molecule has 0 saturated carbocycles. The zero-order valence-electron chi connectivity index (χ0n) is 19.7. The number of carbonyl (C=O) groups is 2. The summed E-state index contributed by atoms with van der Waals surface area (Å²) in [6.45, 7) is 5.45. The van der Waals surface area contributed by atoms with Crippen LogP contribution in [0.4, 0.5) is 5.69 Å². The first-order valence-corrected chi connectivity index (χ1v) is 13.3. The van der Waals surface area contributed by atoms with Crippen molar-refractivity contribution >= 4 is 27.5 Å². The van der Waals surface area contributed by atoms with Gasteiger partial charge in [-0.2, -0.15) is 0 Å². The molecular weight excluding hydrogens is 452 g/mol. The number of rotatable bonds is 10. The predicted molar refractivity (Wildman–Crippen MR) is 133 cm³/mol. The van der Waals surface area contributed by atoms with Crippen LogP contribution < -0.4 is 15.4 Å². The molecule has 2 aromatic rings. The molecule has 9 heteroatoms. The zero-order chi connectivity index (χ0) is 24.4. The number of nitrogens with one attached hydrogen (secondary N) is 3. The number of nitrogens with zero attached hydrogens (tertiary/aromatic N) is 1. The van der Waals surface area contributed by atoms with Gasteiger partial charge in [-0.3, -0.25) is 9.59 Å². The average Bonchev–Trinajstić information content (AvgIpc) is 3.10. The maximum atomic E-state index is 12.5. The molecule has 0 radical (unpaired) electrons. The lowest BCUT2D eigenvalue weighted by Crippen LogP contribution is -2.30. The second kappa shape index (κ2) is 12.6. The average molecular weight is 487 g/mol. The Labute approximate surface area is 202 Å². The topological polar surface area (TPSA) is 108 Å². The third kappa shape index (κ3) is 8.23. The highest BCUT2D eigenvalue weighted by Crippen LogP contribution is 2.15. The van der Waals surface area contributed by atoms with E-state index in [0.29, 0.717) is 17.8 Å². The Bertz CT molecular complexity index is 1050. The highest BCUT2D eigenvalue weighted by molar-refractivity contribution is 7.89. The maximum Gasteiger partial charge on any atom is 0.251 e. The van der Waals surface area contributed by atoms with Gasteiger partial charge in [0.05, 0.1) is 4.90 Å². The van der Waals surface area contributed by atoms with Crippen molar-refractivity contribution in [3.05, 3.63) is 59.7 Å². The van der Waals surface area contributed by atoms with Crippen LogP contribution in [0.15, 0.2) is 53.4 Å². The molecule has 1 aliphatic heterocycles. The van der Waals surface area contributed by atoms with E-state index >= 15 is 0 Å². The molecule has 2 aromatic carbocycles. The van der Waals surface area contributed by atoms with E-state index in [1.165, 1.54) is 56.9 Å². The van der Waals surface area contributed by atoms with E-state index in [4.69, 9.17) is 0 Å². The van der Waals surface area contributed by atoms with E-state index in [0.717, 1.165) is 31.6 Å². The van der Waals surface area contributed by atoms with E-state index < -0.39 is 10.0 Å². The van der Waals surface area contributed by atoms with Crippen LogP contribution in [0, 0.1) is 0 Å². The second-order valence-electron chi connectivity index (χ2n) is 8.59. The lowest BCUT2D eigenvalue weighted by atomic mass is 10.1. The molecule has 1 aliphatic rings. The molecule has 34 heavy (non-hydrogen) atoms. The smallest absolute Gasteiger partial charge is 0.251 e. The Hall–Kier alpha value is -2.75. The van der Waals surface area contributed by atoms with Crippen molar-refractivity contribution in [2.24, 2.45) is 0 Å². The molecule has 0 atom stereocenters. The monoisotopic (exact) mass is 486 g/mol. The van der Waals surface area contributed by atoms with Crippen LogP contribution in [0.2, 0.25) is 0 Å². The molecule has 2 amide bonds. The van der Waals surface area contributed by atoms with Crippen molar-refractivity contribution in [3.8, 4) is 0 Å². The van der Waals surface area contributed by atoms with Crippen LogP contribution in [-0.4, -0.2) is 51.3 Å². The van der Waals surface area contributed by atoms with Crippen LogP contribution in [0.3, 0.4) is 0 Å². The Balaban J connectivity index is 1.43. The van der Waals surface area contributed by atoms with Gasteiger partial charge >= 0.3 is 0 Å². The highest BCUT2D eigenvalue weighted by atomic mass is 32.2. The SMILES string of the molecule is CC(=O)Nc1ccc(S(=O)(=O)NCc2ccc(C(=O)NCCCN3CCCCCC3)cc2)cc1. The number of anilines is 1. The maximum absolute atomic E-state index is 12.5. The molecule has 1 fully saturated rings. The Kier molecular flexibility index (Phi) is 9.62. The molecule has 0 aromatic heterocycles. The number of hydrogen-bond acceptors (Lipinski definition) is 5. The van der Waals surface area contributed by atoms with Crippen molar-refractivity contribution in [3.63, 3.8) is 0 Å². The Morgan fingerprint density at radius 3 is 2.18 bits per heavy atom. The van der Waals surface area contributed by atoms with E-state index in [1.54, 1.807) is 24.3 Å². The number of amides is 2. The van der Waals surface area contributed by atoms with Gasteiger partial charge in [-0.15, -0.1) is 0 Å². The van der Waals surface area contributed by atoms with Gasteiger partial charge in [0.15, 0.2) is 0 Å². The number of benzene rings is 2. The molecule has 3 N–H and O–H groups in total. The van der Waals surface area contributed by atoms with Crippen LogP contribution in [0.25, 0.3) is 0 Å². The second-order valence-corrected chi connectivity index (χ2v) is 10.4. The minimum absolute atomic E-state index is 0.105. The summed E-state index contributed by atoms with van der Waals surface area (Å²) in [5.41, 5.74) is 1.83. The van der Waals surface area contributed by atoms with Gasteiger partial charge < -0.3 is 15.5 Å². The fraction of sp³-hybridized carbons (Fsp3) is 0.440. The first-order valence-electron chi connectivity index (χ1n) is 11.8. The van der Waals surface area contributed by atoms with Crippen LogP contribution in [0.5, 0.6) is 0 Å². The predicted octanol–water partition coefficient (Wildman–Crippen LogP) is 3.12. The fourth-order valence-corrected chi connectivity index (χ4v) is 4.94. The normalized spacial score (nSPS) is 14.9. The molecule has 0 spiro atoms. The number of hydrogen-bond donors (Lipinski definition) is 3. The summed E-state index contributed by atoms with van der Waals surface area (Å²) >= 11 is 0. The summed E-state index contributed by atoms with van der Waals surface area (Å²) in [7, 11) is -3.70. The van der Waals surface area contributed by atoms with E-state index in [9.17, 15) is 18.0 Å². The summed E-state index contributed by atoms with van der Waals surface area (Å²) in [6, 6.07) is 12.9. The van der Waals surface area contributed by atoms with Crippen molar-refractivity contribution in [2.45, 2.75) is 50.5 Å². The molecule has 1 heterocycles. The first-order chi connectivity index (χ1) is 16.3. The summed E-state index contributed by atoms with van der Waals surface area (Å²) in [6.07, 6.45) is 6.09. The molecule has 3 rings (SSSR count). The molecule has 184 valence electrons. The minimum atomic E-state index is -3.70. The number of likely N-dealkylation sites (tertiary alicyclic amines) is 1. The third-order valence-electron chi connectivity index (χ3n) is 5.80. The van der Waals surface area contributed by atoms with E-state index in [1.807, 2.05) is 0 Å². The van der Waals surface area contributed by atoms with Crippen molar-refractivity contribution < 1.29 is 18.0 Å². The lowest BCUT2D eigenvalue weighted by molar-refractivity contribution is -0.114. The minimum Gasteiger partial charge on any atom is -0.352 e. The van der Waals surface area contributed by atoms with Crippen LogP contribution in [-0.2, 0) is 21.4 Å². The summed E-state index contributed by atoms with van der Waals surface area (Å²) in [5.74, 6) is -0.346. The van der Waals surface area contributed by atoms with Crippen molar-refractivity contribution in [1.29, 1.82) is 0 Å². The fourth-order valence-electron chi connectivity index (χ4n) is 3.92. The standard InChI is InChI=1S/C25H34N4O4S/c1-20(30)28-23-11-13-24(14-12-23)34(32,33)27-19-21-7-9-22(10-8-21)25(31)26-15-6-18-29-16-4-2-3-5-17-29/h7-14,27H,2-6,15-19H2,1H3,(H,26,31)(H,28,30). The highest BCUT2D eigenvalue weighted by Gasteiger charge is 2.14. The summed E-state index contributed by atoms with van der Waals surface area (Å²) in [5, 5.41) is 5.56. The Morgan fingerprint density at radius 2 is 1.56 bits per heavy atom. The van der Waals surface area contributed by atoms with Gasteiger partial charge in [-0.1, -0.05) is 25.0 Å². The third-order valence-corrected chi connectivity index (χ3v) is 7.22. The number of sulfonamides is 1. The summed E-state index contributed by atoms with van der Waals surface area (Å²) < 4.78 is 27.6. The van der Waals surface area contributed by atoms with E-state index in [2.05, 4.69) is 20.3 Å². The number of carbonyl (C=O) groups excluding carboxylic acids is 2. The van der Waals surface area contributed by atoms with Gasteiger partial charge in [-0.25, -0.2) is 13.1 Å². The van der Waals surface area contributed by atoms with Gasteiger partial charge in [0, 0.05) is 31.3 Å². The zero-order valence-corrected chi connectivity index (χ0v) is 20.5. The molecular formula is C25H34N4O4S. The molecule has 1 saturated heterocycles. The van der Waals surface area contributed by atoms with Crippen molar-refractivity contribution in [1.82, 2.24) is 14.9 Å².